The van der Waals surface area contributed by atoms with Crippen LogP contribution in [0.3, 0.4) is 0 Å². The Kier molecular flexibility index (Phi) is 7.47. The summed E-state index contributed by atoms with van der Waals surface area (Å²) in [7, 11) is 0. The standard InChI is InChI=1S/C50H33N3O2/c1-50(2)40-20-7-6-19-39(40)47-41(50)22-24-45-48(47)55-44-23-21-36(28-46(44)54-45)35-16-10-18-38(27-35)43-29-42(52-49(53-43)32-12-4-3-5-13-32)37-17-9-15-34(26-37)33-14-8-11-31(25-33)30-51/h3-29H,1-2H3. The van der Waals surface area contributed by atoms with Gasteiger partial charge in [0.25, 0.3) is 0 Å². The molecule has 0 N–H and O–H groups in total. The quantitative estimate of drug-likeness (QED) is 0.178. The van der Waals surface area contributed by atoms with Crippen LogP contribution in [0, 0.1) is 11.3 Å². The van der Waals surface area contributed by atoms with Crippen LogP contribution < -0.4 is 9.47 Å². The van der Waals surface area contributed by atoms with Gasteiger partial charge in [0, 0.05) is 27.7 Å². The van der Waals surface area contributed by atoms with Crippen molar-refractivity contribution in [3.05, 3.63) is 180 Å². The highest BCUT2D eigenvalue weighted by Gasteiger charge is 2.39. The molecule has 0 radical (unpaired) electrons. The van der Waals surface area contributed by atoms with Gasteiger partial charge in [-0.15, -0.1) is 0 Å². The van der Waals surface area contributed by atoms with Gasteiger partial charge in [-0.05, 0) is 87.5 Å². The average molecular weight is 708 g/mol. The molecule has 5 nitrogen and oxygen atoms in total. The number of fused-ring (bicyclic) bond motifs is 6. The number of aromatic nitrogens is 2. The van der Waals surface area contributed by atoms with Crippen molar-refractivity contribution in [2.45, 2.75) is 19.3 Å². The minimum atomic E-state index is -0.124. The number of rotatable bonds is 5. The molecule has 8 aromatic rings. The van der Waals surface area contributed by atoms with Gasteiger partial charge in [-0.2, -0.15) is 5.26 Å². The highest BCUT2D eigenvalue weighted by Crippen LogP contribution is 2.58. The number of ether oxygens (including phenoxy) is 2. The van der Waals surface area contributed by atoms with Gasteiger partial charge in [0.15, 0.2) is 28.8 Å². The fourth-order valence-corrected chi connectivity index (χ4v) is 7.95. The van der Waals surface area contributed by atoms with Crippen molar-refractivity contribution in [1.29, 1.82) is 5.26 Å². The summed E-state index contributed by atoms with van der Waals surface area (Å²) in [6.07, 6.45) is 0. The van der Waals surface area contributed by atoms with E-state index >= 15 is 0 Å². The van der Waals surface area contributed by atoms with E-state index in [4.69, 9.17) is 19.4 Å². The molecule has 0 unspecified atom stereocenters. The van der Waals surface area contributed by atoms with Crippen LogP contribution in [0.2, 0.25) is 0 Å². The van der Waals surface area contributed by atoms with Crippen LogP contribution in [0.25, 0.3) is 67.3 Å². The molecular weight excluding hydrogens is 675 g/mol. The minimum Gasteiger partial charge on any atom is -0.449 e. The van der Waals surface area contributed by atoms with Crippen molar-refractivity contribution in [1.82, 2.24) is 9.97 Å². The molecule has 260 valence electrons. The molecule has 2 aliphatic rings. The zero-order valence-corrected chi connectivity index (χ0v) is 30.2. The Morgan fingerprint density at radius 3 is 1.80 bits per heavy atom. The van der Waals surface area contributed by atoms with Gasteiger partial charge in [0.1, 0.15) is 0 Å². The Hall–Kier alpha value is -7.29. The van der Waals surface area contributed by atoms with Crippen LogP contribution >= 0.6 is 0 Å². The molecule has 5 heteroatoms. The summed E-state index contributed by atoms with van der Waals surface area (Å²) in [4.78, 5) is 10.2. The number of nitriles is 1. The Labute approximate surface area is 319 Å². The number of nitrogens with zero attached hydrogens (tertiary/aromatic N) is 3. The van der Waals surface area contributed by atoms with Crippen LogP contribution in [-0.2, 0) is 5.41 Å². The van der Waals surface area contributed by atoms with Gasteiger partial charge in [-0.1, -0.05) is 129 Å². The molecule has 0 saturated carbocycles. The summed E-state index contributed by atoms with van der Waals surface area (Å²) >= 11 is 0. The molecule has 0 bridgehead atoms. The molecule has 0 atom stereocenters. The van der Waals surface area contributed by atoms with Gasteiger partial charge in [-0.3, -0.25) is 0 Å². The summed E-state index contributed by atoms with van der Waals surface area (Å²) in [5.74, 6) is 3.50. The van der Waals surface area contributed by atoms with Crippen LogP contribution in [0.4, 0.5) is 0 Å². The predicted molar refractivity (Wildman–Crippen MR) is 218 cm³/mol. The van der Waals surface area contributed by atoms with Crippen molar-refractivity contribution in [3.63, 3.8) is 0 Å². The van der Waals surface area contributed by atoms with E-state index in [0.717, 1.165) is 61.6 Å². The first kappa shape index (κ1) is 32.4. The first-order chi connectivity index (χ1) is 26.9. The smallest absolute Gasteiger partial charge is 0.178 e. The third-order valence-electron chi connectivity index (χ3n) is 10.8. The predicted octanol–water partition coefficient (Wildman–Crippen LogP) is 12.9. The van der Waals surface area contributed by atoms with Crippen LogP contribution in [0.5, 0.6) is 23.0 Å². The van der Waals surface area contributed by atoms with E-state index in [1.807, 2.05) is 72.8 Å². The molecule has 1 aliphatic heterocycles. The lowest BCUT2D eigenvalue weighted by atomic mass is 9.82. The maximum absolute atomic E-state index is 9.49. The zero-order chi connectivity index (χ0) is 37.1. The molecule has 7 aromatic carbocycles. The largest absolute Gasteiger partial charge is 0.449 e. The second kappa shape index (κ2) is 12.7. The van der Waals surface area contributed by atoms with E-state index in [1.54, 1.807) is 0 Å². The van der Waals surface area contributed by atoms with E-state index in [-0.39, 0.29) is 5.41 Å². The Bertz CT molecular complexity index is 2870. The fourth-order valence-electron chi connectivity index (χ4n) is 7.95. The van der Waals surface area contributed by atoms with E-state index in [0.29, 0.717) is 28.6 Å². The molecule has 55 heavy (non-hydrogen) atoms. The molecule has 0 amide bonds. The Morgan fingerprint density at radius 2 is 1.07 bits per heavy atom. The van der Waals surface area contributed by atoms with Gasteiger partial charge in [-0.25, -0.2) is 9.97 Å². The molecule has 1 aromatic heterocycles. The topological polar surface area (TPSA) is 68.0 Å². The van der Waals surface area contributed by atoms with Crippen LogP contribution in [-0.4, -0.2) is 9.97 Å². The normalized spacial score (nSPS) is 13.0. The molecule has 0 spiro atoms. The van der Waals surface area contributed by atoms with Crippen molar-refractivity contribution in [3.8, 4) is 96.4 Å². The summed E-state index contributed by atoms with van der Waals surface area (Å²) in [6.45, 7) is 4.53. The molecule has 1 aliphatic carbocycles. The van der Waals surface area contributed by atoms with Crippen molar-refractivity contribution in [2.24, 2.45) is 0 Å². The lowest BCUT2D eigenvalue weighted by Gasteiger charge is -2.25. The van der Waals surface area contributed by atoms with Crippen molar-refractivity contribution >= 4 is 0 Å². The molecule has 10 rings (SSSR count). The van der Waals surface area contributed by atoms with E-state index in [1.165, 1.54) is 16.7 Å². The van der Waals surface area contributed by atoms with E-state index in [2.05, 4.69) is 111 Å². The molecule has 0 fully saturated rings. The van der Waals surface area contributed by atoms with Crippen LogP contribution in [0.15, 0.2) is 164 Å². The zero-order valence-electron chi connectivity index (χ0n) is 30.2. The van der Waals surface area contributed by atoms with E-state index in [9.17, 15) is 5.26 Å². The number of benzene rings is 7. The van der Waals surface area contributed by atoms with Gasteiger partial charge in [0.05, 0.1) is 23.0 Å². The van der Waals surface area contributed by atoms with Gasteiger partial charge < -0.3 is 9.47 Å². The summed E-state index contributed by atoms with van der Waals surface area (Å²) in [5.41, 5.74) is 13.9. The first-order valence-corrected chi connectivity index (χ1v) is 18.4. The average Bonchev–Trinajstić information content (AvgIpc) is 3.49. The molecule has 0 saturated heterocycles. The molecular formula is C50H33N3O2. The number of hydrogen-bond acceptors (Lipinski definition) is 5. The Balaban J connectivity index is 1.01. The second-order valence-corrected chi connectivity index (χ2v) is 14.5. The molecule has 2 heterocycles. The summed E-state index contributed by atoms with van der Waals surface area (Å²) in [6, 6.07) is 57.6. The lowest BCUT2D eigenvalue weighted by molar-refractivity contribution is 0.360. The lowest BCUT2D eigenvalue weighted by Crippen LogP contribution is -2.15. The van der Waals surface area contributed by atoms with Gasteiger partial charge >= 0.3 is 0 Å². The fraction of sp³-hybridized carbons (Fsp3) is 0.0600. The maximum Gasteiger partial charge on any atom is 0.178 e. The monoisotopic (exact) mass is 707 g/mol. The Morgan fingerprint density at radius 1 is 0.473 bits per heavy atom. The summed E-state index contributed by atoms with van der Waals surface area (Å²) < 4.78 is 13.2. The van der Waals surface area contributed by atoms with Crippen molar-refractivity contribution in [2.75, 3.05) is 0 Å². The highest BCUT2D eigenvalue weighted by molar-refractivity contribution is 5.88. The second-order valence-electron chi connectivity index (χ2n) is 14.5. The third-order valence-corrected chi connectivity index (χ3v) is 10.8. The van der Waals surface area contributed by atoms with Crippen molar-refractivity contribution < 1.29 is 9.47 Å². The number of hydrogen-bond donors (Lipinski definition) is 0. The van der Waals surface area contributed by atoms with Crippen LogP contribution in [0.1, 0.15) is 30.5 Å². The third kappa shape index (κ3) is 5.55. The summed E-state index contributed by atoms with van der Waals surface area (Å²) in [5, 5.41) is 9.49. The maximum atomic E-state index is 9.49. The first-order valence-electron chi connectivity index (χ1n) is 18.4. The van der Waals surface area contributed by atoms with E-state index < -0.39 is 0 Å². The minimum absolute atomic E-state index is 0.124. The SMILES string of the molecule is CC1(C)c2ccccc2-c2c1ccc1c2Oc2ccc(-c3cccc(-c4cc(-c5cccc(-c6cccc(C#N)c6)c5)nc(-c5ccccc5)n4)c3)cc2O1. The highest BCUT2D eigenvalue weighted by atomic mass is 16.6. The van der Waals surface area contributed by atoms with Gasteiger partial charge in [0.2, 0.25) is 0 Å².